The van der Waals surface area contributed by atoms with E-state index in [9.17, 15) is 18.3 Å². The van der Waals surface area contributed by atoms with Gasteiger partial charge in [-0.25, -0.2) is 8.42 Å². The lowest BCUT2D eigenvalue weighted by Gasteiger charge is -2.35. The summed E-state index contributed by atoms with van der Waals surface area (Å²) in [6.45, 7) is 6.29. The second-order valence-corrected chi connectivity index (χ2v) is 13.6. The van der Waals surface area contributed by atoms with E-state index in [1.807, 2.05) is 51.0 Å². The number of nitrogens with zero attached hydrogens (tertiary/aromatic N) is 3. The average Bonchev–Trinajstić information content (AvgIpc) is 2.93. The highest BCUT2D eigenvalue weighted by molar-refractivity contribution is 7.89. The number of carbonyl (C=O) groups excluding carboxylic acids is 1. The number of fused-ring (bicyclic) bond motifs is 1. The molecule has 0 spiro atoms. The predicted molar refractivity (Wildman–Crippen MR) is 162 cm³/mol. The van der Waals surface area contributed by atoms with Gasteiger partial charge >= 0.3 is 0 Å². The SMILES string of the molecule is C[C@@H]1CCCCO[C@@H](CN(C)S(=O)(=O)c2ccc(Cl)cc2)[C@H](C)CN([C@@H](C)CO)C(=O)c2cc(N(C)C)ccc2O1. The van der Waals surface area contributed by atoms with Crippen LogP contribution < -0.4 is 9.64 Å². The summed E-state index contributed by atoms with van der Waals surface area (Å²) in [4.78, 5) is 17.8. The number of likely N-dealkylation sites (N-methyl/N-ethyl adjacent to an activating group) is 1. The van der Waals surface area contributed by atoms with Gasteiger partial charge in [-0.05, 0) is 75.6 Å². The second kappa shape index (κ2) is 14.7. The Kier molecular flexibility index (Phi) is 11.9. The molecule has 1 heterocycles. The van der Waals surface area contributed by atoms with E-state index in [0.717, 1.165) is 24.9 Å². The molecule has 0 fully saturated rings. The number of rotatable bonds is 7. The van der Waals surface area contributed by atoms with Gasteiger partial charge in [0.2, 0.25) is 10.0 Å². The minimum Gasteiger partial charge on any atom is -0.490 e. The standard InChI is InChI=1S/C30H44ClN3O6S/c1-21-18-34(22(2)20-35)30(36)27-17-25(32(4)5)12-15-28(27)40-23(3)9-7-8-16-39-29(21)19-33(6)41(37,38)26-13-10-24(31)11-14-26/h10-15,17,21-23,29,35H,7-9,16,18-20H2,1-6H3/t21-,22+,23-,29+/m1/s1. The summed E-state index contributed by atoms with van der Waals surface area (Å²) in [5.74, 6) is -0.00382. The summed E-state index contributed by atoms with van der Waals surface area (Å²) in [7, 11) is 1.55. The second-order valence-electron chi connectivity index (χ2n) is 11.1. The van der Waals surface area contributed by atoms with E-state index in [-0.39, 0.29) is 42.5 Å². The summed E-state index contributed by atoms with van der Waals surface area (Å²) in [5.41, 5.74) is 1.28. The fourth-order valence-electron chi connectivity index (χ4n) is 4.79. The summed E-state index contributed by atoms with van der Waals surface area (Å²) in [6, 6.07) is 11.2. The van der Waals surface area contributed by atoms with Crippen LogP contribution in [0.5, 0.6) is 5.75 Å². The van der Waals surface area contributed by atoms with Crippen molar-refractivity contribution in [2.75, 3.05) is 52.3 Å². The third-order valence-electron chi connectivity index (χ3n) is 7.51. The molecule has 228 valence electrons. The normalized spacial score (nSPS) is 22.0. The maximum Gasteiger partial charge on any atom is 0.258 e. The average molecular weight is 610 g/mol. The van der Waals surface area contributed by atoms with Crippen molar-refractivity contribution in [3.05, 3.63) is 53.1 Å². The molecule has 41 heavy (non-hydrogen) atoms. The van der Waals surface area contributed by atoms with Gasteiger partial charge in [-0.2, -0.15) is 4.31 Å². The van der Waals surface area contributed by atoms with E-state index in [4.69, 9.17) is 21.1 Å². The third-order valence-corrected chi connectivity index (χ3v) is 9.60. The van der Waals surface area contributed by atoms with Gasteiger partial charge in [0.15, 0.2) is 0 Å². The zero-order valence-corrected chi connectivity index (χ0v) is 26.5. The molecule has 0 unspecified atom stereocenters. The molecule has 1 N–H and O–H groups in total. The van der Waals surface area contributed by atoms with E-state index in [1.165, 1.54) is 23.5 Å². The molecular weight excluding hydrogens is 566 g/mol. The number of benzene rings is 2. The predicted octanol–water partition coefficient (Wildman–Crippen LogP) is 4.52. The lowest BCUT2D eigenvalue weighted by Crippen LogP contribution is -2.48. The van der Waals surface area contributed by atoms with E-state index in [1.54, 1.807) is 24.0 Å². The fourth-order valence-corrected chi connectivity index (χ4v) is 6.10. The molecule has 1 aliphatic heterocycles. The zero-order chi connectivity index (χ0) is 30.3. The molecule has 4 atom stereocenters. The quantitative estimate of drug-likeness (QED) is 0.493. The molecule has 0 aromatic heterocycles. The number of amides is 1. The van der Waals surface area contributed by atoms with E-state index >= 15 is 0 Å². The van der Waals surface area contributed by atoms with Crippen LogP contribution in [0.3, 0.4) is 0 Å². The van der Waals surface area contributed by atoms with E-state index in [2.05, 4.69) is 0 Å². The number of aliphatic hydroxyl groups excluding tert-OH is 1. The number of anilines is 1. The van der Waals surface area contributed by atoms with Crippen LogP contribution in [-0.2, 0) is 14.8 Å². The smallest absolute Gasteiger partial charge is 0.258 e. The van der Waals surface area contributed by atoms with Crippen molar-refractivity contribution in [3.8, 4) is 5.75 Å². The van der Waals surface area contributed by atoms with Gasteiger partial charge < -0.3 is 24.4 Å². The first-order chi connectivity index (χ1) is 19.3. The van der Waals surface area contributed by atoms with Crippen LogP contribution in [0, 0.1) is 5.92 Å². The van der Waals surface area contributed by atoms with Crippen LogP contribution in [0.4, 0.5) is 5.69 Å². The van der Waals surface area contributed by atoms with E-state index in [0.29, 0.717) is 22.9 Å². The summed E-state index contributed by atoms with van der Waals surface area (Å²) >= 11 is 5.96. The number of ether oxygens (including phenoxy) is 2. The summed E-state index contributed by atoms with van der Waals surface area (Å²) in [5, 5.41) is 10.6. The fraction of sp³-hybridized carbons (Fsp3) is 0.567. The highest BCUT2D eigenvalue weighted by Gasteiger charge is 2.32. The lowest BCUT2D eigenvalue weighted by molar-refractivity contribution is -0.00833. The Morgan fingerprint density at radius 3 is 2.41 bits per heavy atom. The van der Waals surface area contributed by atoms with Gasteiger partial charge in [0, 0.05) is 57.5 Å². The van der Waals surface area contributed by atoms with Gasteiger partial charge in [-0.1, -0.05) is 18.5 Å². The van der Waals surface area contributed by atoms with Crippen LogP contribution in [0.2, 0.25) is 5.02 Å². The van der Waals surface area contributed by atoms with Crippen molar-refractivity contribution in [2.24, 2.45) is 5.92 Å². The molecule has 0 saturated heterocycles. The van der Waals surface area contributed by atoms with Crippen LogP contribution in [0.25, 0.3) is 0 Å². The molecule has 2 aromatic rings. The van der Waals surface area contributed by atoms with Crippen molar-refractivity contribution < 1.29 is 27.8 Å². The number of halogens is 1. The molecule has 11 heteroatoms. The van der Waals surface area contributed by atoms with Crippen LogP contribution >= 0.6 is 11.6 Å². The van der Waals surface area contributed by atoms with Crippen molar-refractivity contribution >= 4 is 33.2 Å². The number of aliphatic hydroxyl groups is 1. The van der Waals surface area contributed by atoms with Crippen molar-refractivity contribution in [3.63, 3.8) is 0 Å². The Morgan fingerprint density at radius 2 is 1.78 bits per heavy atom. The summed E-state index contributed by atoms with van der Waals surface area (Å²) in [6.07, 6.45) is 1.80. The Hall–Kier alpha value is -2.37. The van der Waals surface area contributed by atoms with Gasteiger partial charge in [-0.15, -0.1) is 0 Å². The third kappa shape index (κ3) is 8.58. The first-order valence-electron chi connectivity index (χ1n) is 14.1. The molecule has 9 nitrogen and oxygen atoms in total. The maximum absolute atomic E-state index is 14.1. The number of carbonyl (C=O) groups is 1. The molecule has 0 bridgehead atoms. The van der Waals surface area contributed by atoms with Crippen LogP contribution in [0.1, 0.15) is 50.4 Å². The lowest BCUT2D eigenvalue weighted by atomic mass is 10.0. The Bertz CT molecular complexity index is 1260. The molecular formula is C30H44ClN3O6S. The number of sulfonamides is 1. The molecule has 1 amide bonds. The van der Waals surface area contributed by atoms with Crippen molar-refractivity contribution in [1.82, 2.24) is 9.21 Å². The van der Waals surface area contributed by atoms with E-state index < -0.39 is 22.2 Å². The number of hydrogen-bond donors (Lipinski definition) is 1. The molecule has 0 saturated carbocycles. The Labute approximate surface area is 250 Å². The van der Waals surface area contributed by atoms with Gasteiger partial charge in [0.25, 0.3) is 5.91 Å². The Balaban J connectivity index is 1.96. The zero-order valence-electron chi connectivity index (χ0n) is 24.9. The molecule has 0 aliphatic carbocycles. The van der Waals surface area contributed by atoms with Crippen molar-refractivity contribution in [2.45, 2.75) is 63.2 Å². The molecule has 3 rings (SSSR count). The molecule has 2 aromatic carbocycles. The first-order valence-corrected chi connectivity index (χ1v) is 15.9. The minimum atomic E-state index is -3.79. The largest absolute Gasteiger partial charge is 0.490 e. The molecule has 0 radical (unpaired) electrons. The minimum absolute atomic E-state index is 0.0997. The van der Waals surface area contributed by atoms with Gasteiger partial charge in [0.05, 0.1) is 35.3 Å². The number of hydrogen-bond acceptors (Lipinski definition) is 7. The topological polar surface area (TPSA) is 99.6 Å². The summed E-state index contributed by atoms with van der Waals surface area (Å²) < 4.78 is 40.5. The molecule has 1 aliphatic rings. The highest BCUT2D eigenvalue weighted by Crippen LogP contribution is 2.29. The highest BCUT2D eigenvalue weighted by atomic mass is 35.5. The van der Waals surface area contributed by atoms with Crippen LogP contribution in [0.15, 0.2) is 47.4 Å². The van der Waals surface area contributed by atoms with Gasteiger partial charge in [0.1, 0.15) is 5.75 Å². The monoisotopic (exact) mass is 609 g/mol. The van der Waals surface area contributed by atoms with Gasteiger partial charge in [-0.3, -0.25) is 4.79 Å². The first kappa shape index (κ1) is 33.1. The Morgan fingerprint density at radius 1 is 1.10 bits per heavy atom. The van der Waals surface area contributed by atoms with Crippen LogP contribution in [-0.4, -0.2) is 94.3 Å². The van der Waals surface area contributed by atoms with Crippen molar-refractivity contribution in [1.29, 1.82) is 0 Å². The maximum atomic E-state index is 14.1.